The fraction of sp³-hybridized carbons (Fsp3) is 0.750. The molecule has 0 amide bonds. The first kappa shape index (κ1) is 12.9. The van der Waals surface area contributed by atoms with Crippen molar-refractivity contribution in [2.24, 2.45) is 5.41 Å². The zero-order valence-corrected chi connectivity index (χ0v) is 9.88. The Morgan fingerprint density at radius 2 is 2.00 bits per heavy atom. The fourth-order valence-electron chi connectivity index (χ4n) is 2.05. The molecule has 1 rings (SSSR count). The Balaban J connectivity index is 2.87. The lowest BCUT2D eigenvalue weighted by molar-refractivity contribution is -0.159. The van der Waals surface area contributed by atoms with E-state index in [4.69, 9.17) is 4.74 Å². The minimum Gasteiger partial charge on any atom is -0.465 e. The molecule has 90 valence electrons. The Bertz CT molecular complexity index is 308. The molecule has 4 nitrogen and oxygen atoms in total. The SMILES string of the molecule is CC(=O)CCC1(C(C)=O)CCCCOC1=O. The van der Waals surface area contributed by atoms with Crippen molar-refractivity contribution in [2.45, 2.75) is 46.0 Å². The molecule has 0 saturated carbocycles. The second kappa shape index (κ2) is 5.23. The van der Waals surface area contributed by atoms with Crippen molar-refractivity contribution in [2.75, 3.05) is 6.61 Å². The number of ketones is 2. The third-order valence-corrected chi connectivity index (χ3v) is 3.20. The van der Waals surface area contributed by atoms with Gasteiger partial charge in [-0.3, -0.25) is 9.59 Å². The van der Waals surface area contributed by atoms with Gasteiger partial charge < -0.3 is 9.53 Å². The highest BCUT2D eigenvalue weighted by molar-refractivity contribution is 6.03. The van der Waals surface area contributed by atoms with Crippen LogP contribution in [-0.2, 0) is 19.1 Å². The van der Waals surface area contributed by atoms with Crippen molar-refractivity contribution in [1.29, 1.82) is 0 Å². The van der Waals surface area contributed by atoms with Crippen LogP contribution in [0.25, 0.3) is 0 Å². The van der Waals surface area contributed by atoms with Gasteiger partial charge in [-0.15, -0.1) is 0 Å². The number of esters is 1. The van der Waals surface area contributed by atoms with Crippen LogP contribution in [0, 0.1) is 5.41 Å². The standard InChI is InChI=1S/C12H18O4/c1-9(13)5-7-12(10(2)14)6-3-4-8-16-11(12)15/h3-8H2,1-2H3. The molecule has 0 aromatic rings. The monoisotopic (exact) mass is 226 g/mol. The molecule has 0 aliphatic carbocycles. The first-order chi connectivity index (χ1) is 7.49. The predicted octanol–water partition coefficient (Wildman–Crippen LogP) is 1.66. The summed E-state index contributed by atoms with van der Waals surface area (Å²) in [5, 5.41) is 0. The van der Waals surface area contributed by atoms with Crippen molar-refractivity contribution >= 4 is 17.5 Å². The van der Waals surface area contributed by atoms with Crippen LogP contribution in [-0.4, -0.2) is 24.1 Å². The molecule has 1 atom stereocenters. The van der Waals surface area contributed by atoms with Gasteiger partial charge in [0.25, 0.3) is 0 Å². The van der Waals surface area contributed by atoms with Crippen molar-refractivity contribution in [3.63, 3.8) is 0 Å². The lowest BCUT2D eigenvalue weighted by Crippen LogP contribution is -2.38. The van der Waals surface area contributed by atoms with E-state index in [1.807, 2.05) is 0 Å². The van der Waals surface area contributed by atoms with E-state index >= 15 is 0 Å². The van der Waals surface area contributed by atoms with Gasteiger partial charge in [0.15, 0.2) is 0 Å². The molecule has 1 fully saturated rings. The van der Waals surface area contributed by atoms with Crippen LogP contribution in [0.1, 0.15) is 46.0 Å². The minimum atomic E-state index is -1.07. The second-order valence-corrected chi connectivity index (χ2v) is 4.43. The van der Waals surface area contributed by atoms with Crippen molar-refractivity contribution in [1.82, 2.24) is 0 Å². The first-order valence-corrected chi connectivity index (χ1v) is 5.67. The molecule has 1 aliphatic rings. The Hall–Kier alpha value is -1.19. The normalized spacial score (nSPS) is 25.8. The quantitative estimate of drug-likeness (QED) is 0.540. The Morgan fingerprint density at radius 1 is 1.31 bits per heavy atom. The molecule has 0 spiro atoms. The van der Waals surface area contributed by atoms with Crippen molar-refractivity contribution < 1.29 is 19.1 Å². The minimum absolute atomic E-state index is 0.00216. The van der Waals surface area contributed by atoms with E-state index in [2.05, 4.69) is 0 Å². The van der Waals surface area contributed by atoms with Crippen LogP contribution in [0.5, 0.6) is 0 Å². The van der Waals surface area contributed by atoms with E-state index in [-0.39, 0.29) is 24.4 Å². The first-order valence-electron chi connectivity index (χ1n) is 5.67. The van der Waals surface area contributed by atoms with E-state index in [1.54, 1.807) is 0 Å². The summed E-state index contributed by atoms with van der Waals surface area (Å²) in [5.41, 5.74) is -1.07. The summed E-state index contributed by atoms with van der Waals surface area (Å²) in [7, 11) is 0. The number of cyclic esters (lactones) is 1. The highest BCUT2D eigenvalue weighted by Gasteiger charge is 2.45. The topological polar surface area (TPSA) is 60.4 Å². The maximum atomic E-state index is 11.8. The summed E-state index contributed by atoms with van der Waals surface area (Å²) in [6, 6.07) is 0. The van der Waals surface area contributed by atoms with Crippen molar-refractivity contribution in [3.8, 4) is 0 Å². The number of rotatable bonds is 4. The van der Waals surface area contributed by atoms with E-state index in [1.165, 1.54) is 13.8 Å². The summed E-state index contributed by atoms with van der Waals surface area (Å²) in [6.45, 7) is 3.26. The van der Waals surface area contributed by atoms with Gasteiger partial charge in [0.1, 0.15) is 17.0 Å². The molecule has 0 aromatic carbocycles. The predicted molar refractivity (Wildman–Crippen MR) is 57.8 cm³/mol. The maximum Gasteiger partial charge on any atom is 0.319 e. The fourth-order valence-corrected chi connectivity index (χ4v) is 2.05. The lowest BCUT2D eigenvalue weighted by Gasteiger charge is -2.26. The van der Waals surface area contributed by atoms with Gasteiger partial charge in [-0.05, 0) is 39.5 Å². The van der Waals surface area contributed by atoms with Crippen LogP contribution in [0.4, 0.5) is 0 Å². The molecule has 0 N–H and O–H groups in total. The van der Waals surface area contributed by atoms with Gasteiger partial charge in [-0.25, -0.2) is 0 Å². The smallest absolute Gasteiger partial charge is 0.319 e. The van der Waals surface area contributed by atoms with Crippen LogP contribution < -0.4 is 0 Å². The summed E-state index contributed by atoms with van der Waals surface area (Å²) >= 11 is 0. The van der Waals surface area contributed by atoms with Gasteiger partial charge in [0, 0.05) is 6.42 Å². The number of carbonyl (C=O) groups is 3. The van der Waals surface area contributed by atoms with Gasteiger partial charge in [-0.1, -0.05) is 0 Å². The zero-order chi connectivity index (χ0) is 12.2. The number of hydrogen-bond donors (Lipinski definition) is 0. The number of carbonyl (C=O) groups excluding carboxylic acids is 3. The van der Waals surface area contributed by atoms with Crippen LogP contribution in [0.15, 0.2) is 0 Å². The van der Waals surface area contributed by atoms with E-state index in [9.17, 15) is 14.4 Å². The largest absolute Gasteiger partial charge is 0.465 e. The number of hydrogen-bond acceptors (Lipinski definition) is 4. The Morgan fingerprint density at radius 3 is 2.56 bits per heavy atom. The number of Topliss-reactive ketones (excluding diaryl/α,β-unsaturated/α-hetero) is 2. The highest BCUT2D eigenvalue weighted by atomic mass is 16.5. The van der Waals surface area contributed by atoms with E-state index in [0.717, 1.165) is 12.8 Å². The molecule has 0 radical (unpaired) electrons. The number of ether oxygens (including phenoxy) is 1. The average Bonchev–Trinajstić information content (AvgIpc) is 2.38. The third-order valence-electron chi connectivity index (χ3n) is 3.20. The molecule has 1 unspecified atom stereocenters. The molecular weight excluding hydrogens is 208 g/mol. The van der Waals surface area contributed by atoms with E-state index < -0.39 is 11.4 Å². The van der Waals surface area contributed by atoms with Crippen LogP contribution >= 0.6 is 0 Å². The molecule has 1 saturated heterocycles. The molecule has 4 heteroatoms. The summed E-state index contributed by atoms with van der Waals surface area (Å²) in [6.07, 6.45) is 2.64. The Kier molecular flexibility index (Phi) is 4.21. The second-order valence-electron chi connectivity index (χ2n) is 4.43. The molecule has 0 aromatic heterocycles. The van der Waals surface area contributed by atoms with Gasteiger partial charge in [0.2, 0.25) is 0 Å². The summed E-state index contributed by atoms with van der Waals surface area (Å²) in [4.78, 5) is 34.5. The van der Waals surface area contributed by atoms with E-state index in [0.29, 0.717) is 13.0 Å². The maximum absolute atomic E-state index is 11.8. The molecule has 1 aliphatic heterocycles. The van der Waals surface area contributed by atoms with Crippen LogP contribution in [0.3, 0.4) is 0 Å². The highest BCUT2D eigenvalue weighted by Crippen LogP contribution is 2.35. The average molecular weight is 226 g/mol. The zero-order valence-electron chi connectivity index (χ0n) is 9.88. The summed E-state index contributed by atoms with van der Waals surface area (Å²) < 4.78 is 5.04. The van der Waals surface area contributed by atoms with Gasteiger partial charge >= 0.3 is 5.97 Å². The van der Waals surface area contributed by atoms with Gasteiger partial charge in [0.05, 0.1) is 6.61 Å². The lowest BCUT2D eigenvalue weighted by atomic mass is 9.75. The summed E-state index contributed by atoms with van der Waals surface area (Å²) in [5.74, 6) is -0.628. The van der Waals surface area contributed by atoms with Gasteiger partial charge in [-0.2, -0.15) is 0 Å². The molecule has 0 bridgehead atoms. The third kappa shape index (κ3) is 2.68. The van der Waals surface area contributed by atoms with Crippen LogP contribution in [0.2, 0.25) is 0 Å². The molecular formula is C12H18O4. The Labute approximate surface area is 95.3 Å². The molecule has 16 heavy (non-hydrogen) atoms. The molecule has 1 heterocycles. The van der Waals surface area contributed by atoms with Crippen molar-refractivity contribution in [3.05, 3.63) is 0 Å².